The van der Waals surface area contributed by atoms with Crippen molar-refractivity contribution in [2.45, 2.75) is 19.9 Å². The Hall–Kier alpha value is -6.72. The predicted molar refractivity (Wildman–Crippen MR) is 237 cm³/mol. The van der Waals surface area contributed by atoms with Gasteiger partial charge in [-0.3, -0.25) is 14.4 Å². The second-order valence-corrected chi connectivity index (χ2v) is 15.6. The maximum atomic E-state index is 13.1. The van der Waals surface area contributed by atoms with Crippen LogP contribution in [0.2, 0.25) is 0 Å². The Labute approximate surface area is 373 Å². The maximum absolute atomic E-state index is 13.1. The van der Waals surface area contributed by atoms with Crippen molar-refractivity contribution in [1.29, 1.82) is 0 Å². The monoisotopic (exact) mass is 885 g/mol. The summed E-state index contributed by atoms with van der Waals surface area (Å²) < 4.78 is 52.3. The van der Waals surface area contributed by atoms with Gasteiger partial charge in [0.1, 0.15) is 61.1 Å². The zero-order valence-electron chi connectivity index (χ0n) is 37.6. The molecular formula is C47H57N4O13+. The number of benzene rings is 3. The Kier molecular flexibility index (Phi) is 15.8. The first-order chi connectivity index (χ1) is 30.8. The van der Waals surface area contributed by atoms with Crippen LogP contribution >= 0.6 is 0 Å². The van der Waals surface area contributed by atoms with Crippen LogP contribution in [0.4, 0.5) is 17.1 Å². The number of hydrogen-bond donors (Lipinski definition) is 1. The van der Waals surface area contributed by atoms with E-state index in [0.29, 0.717) is 46.5 Å². The number of carbonyl (C=O) groups is 4. The third-order valence-corrected chi connectivity index (χ3v) is 10.6. The number of carbonyl (C=O) groups excluding carboxylic acids is 4. The number of anilines is 3. The van der Waals surface area contributed by atoms with E-state index in [1.807, 2.05) is 79.4 Å². The highest BCUT2D eigenvalue weighted by atomic mass is 16.7. The van der Waals surface area contributed by atoms with Crippen LogP contribution in [-0.2, 0) is 42.9 Å². The van der Waals surface area contributed by atoms with Crippen LogP contribution in [0.15, 0.2) is 78.1 Å². The molecule has 0 amide bonds. The molecule has 3 aromatic rings. The Morgan fingerprint density at radius 1 is 0.781 bits per heavy atom. The molecule has 0 saturated heterocycles. The number of nitrogens with zero attached hydrogens (tertiary/aromatic N) is 3. The minimum absolute atomic E-state index is 0.0224. The van der Waals surface area contributed by atoms with Gasteiger partial charge in [0.05, 0.1) is 52.9 Å². The lowest BCUT2D eigenvalue weighted by Crippen LogP contribution is -3.09. The average Bonchev–Trinajstić information content (AvgIpc) is 3.27. The predicted octanol–water partition coefficient (Wildman–Crippen LogP) is 3.11. The van der Waals surface area contributed by atoms with Crippen molar-refractivity contribution in [2.24, 2.45) is 0 Å². The van der Waals surface area contributed by atoms with Crippen LogP contribution in [0.5, 0.6) is 23.0 Å². The number of rotatable bonds is 12. The van der Waals surface area contributed by atoms with Gasteiger partial charge < -0.3 is 62.2 Å². The molecule has 1 atom stereocenters. The molecule has 0 spiro atoms. The van der Waals surface area contributed by atoms with Crippen molar-refractivity contribution in [1.82, 2.24) is 0 Å². The molecule has 17 nitrogen and oxygen atoms in total. The smallest absolute Gasteiger partial charge is 0.347 e. The van der Waals surface area contributed by atoms with Crippen molar-refractivity contribution in [2.75, 3.05) is 123 Å². The summed E-state index contributed by atoms with van der Waals surface area (Å²) in [5.41, 5.74) is 5.80. The van der Waals surface area contributed by atoms with Gasteiger partial charge in [-0.05, 0) is 55.0 Å². The van der Waals surface area contributed by atoms with E-state index in [9.17, 15) is 19.2 Å². The summed E-state index contributed by atoms with van der Waals surface area (Å²) in [7, 11) is 10.7. The number of nitrogens with one attached hydrogen (secondary N) is 1. The second-order valence-electron chi connectivity index (χ2n) is 15.6. The summed E-state index contributed by atoms with van der Waals surface area (Å²) in [6, 6.07) is 15.2. The minimum atomic E-state index is -0.788. The highest BCUT2D eigenvalue weighted by Crippen LogP contribution is 2.49. The number of quaternary nitrogens is 1. The van der Waals surface area contributed by atoms with E-state index < -0.39 is 37.3 Å². The largest absolute Gasteiger partial charge is 0.488 e. The van der Waals surface area contributed by atoms with Crippen LogP contribution in [0.1, 0.15) is 23.6 Å². The first-order valence-corrected chi connectivity index (χ1v) is 20.9. The SMILES string of the molecule is COC(=O)CN1CCOCCN(CC(=O)OC)c2cc(OCC(=O)OCOC(C)=O)c(C3=C4C=CC([NH+](C)C)C=C4Oc4cc(N(C)C)ccc43)cc2OCCOc2cc(C)ccc21. The molecule has 0 fully saturated rings. The summed E-state index contributed by atoms with van der Waals surface area (Å²) in [6.07, 6.45) is 6.20. The van der Waals surface area contributed by atoms with Gasteiger partial charge in [0.15, 0.2) is 6.61 Å². The highest BCUT2D eigenvalue weighted by Gasteiger charge is 2.32. The van der Waals surface area contributed by atoms with Gasteiger partial charge in [0, 0.05) is 80.3 Å². The molecule has 2 aliphatic heterocycles. The molecule has 3 aromatic carbocycles. The molecule has 17 heteroatoms. The molecule has 1 unspecified atom stereocenters. The quantitative estimate of drug-likeness (QED) is 0.160. The second kappa shape index (κ2) is 21.6. The lowest BCUT2D eigenvalue weighted by atomic mass is 9.86. The summed E-state index contributed by atoms with van der Waals surface area (Å²) in [5, 5.41) is 0. The molecule has 0 saturated carbocycles. The number of methoxy groups -OCH3 is 2. The summed E-state index contributed by atoms with van der Waals surface area (Å²) in [6.45, 7) is 2.83. The molecule has 1 N–H and O–H groups in total. The summed E-state index contributed by atoms with van der Waals surface area (Å²) >= 11 is 0. The van der Waals surface area contributed by atoms with Crippen LogP contribution < -0.4 is 38.5 Å². The molecule has 0 bridgehead atoms. The van der Waals surface area contributed by atoms with Crippen molar-refractivity contribution in [3.05, 3.63) is 94.8 Å². The van der Waals surface area contributed by atoms with Gasteiger partial charge in [-0.15, -0.1) is 0 Å². The van der Waals surface area contributed by atoms with Gasteiger partial charge in [-0.25, -0.2) is 4.79 Å². The fraction of sp³-hybridized carbons (Fsp3) is 0.404. The van der Waals surface area contributed by atoms with E-state index in [0.717, 1.165) is 28.0 Å². The van der Waals surface area contributed by atoms with Crippen molar-refractivity contribution in [3.63, 3.8) is 0 Å². The van der Waals surface area contributed by atoms with Crippen molar-refractivity contribution in [3.8, 4) is 23.0 Å². The fourth-order valence-electron chi connectivity index (χ4n) is 7.23. The molecular weight excluding hydrogens is 829 g/mol. The molecule has 6 rings (SSSR count). The molecule has 1 aliphatic carbocycles. The number of hydrogen-bond acceptors (Lipinski definition) is 16. The van der Waals surface area contributed by atoms with Gasteiger partial charge in [0.2, 0.25) is 6.79 Å². The first-order valence-electron chi connectivity index (χ1n) is 20.9. The van der Waals surface area contributed by atoms with Crippen LogP contribution in [-0.4, -0.2) is 138 Å². The standard InChI is InChI=1S/C47H56N4O13/c1-30-9-14-37-42(21-30)59-19-20-60-43-24-36(47-34-12-10-32(48(3)4)22-40(34)64-41-23-33(49(5)6)11-13-35(41)47)39(61-28-46(55)63-29-62-31(2)52)25-38(43)51(27-45(54)57-8)16-18-58-17-15-50(37)26-44(53)56-7/h9-14,21-25,32H,15-20,26-29H2,1-8H3/p+1. The van der Waals surface area contributed by atoms with Crippen LogP contribution in [0.25, 0.3) is 5.57 Å². The number of fused-ring (bicyclic) bond motifs is 4. The summed E-state index contributed by atoms with van der Waals surface area (Å²) in [5.74, 6) is 0.0635. The van der Waals surface area contributed by atoms with E-state index >= 15 is 0 Å². The lowest BCUT2D eigenvalue weighted by molar-refractivity contribution is -0.871. The Balaban J connectivity index is 1.51. The summed E-state index contributed by atoms with van der Waals surface area (Å²) in [4.78, 5) is 56.8. The fourth-order valence-corrected chi connectivity index (χ4v) is 7.23. The number of aryl methyl sites for hydroxylation is 1. The van der Waals surface area contributed by atoms with E-state index in [-0.39, 0.29) is 57.9 Å². The molecule has 0 aromatic heterocycles. The average molecular weight is 886 g/mol. The van der Waals surface area contributed by atoms with Crippen molar-refractivity contribution < 1.29 is 66.7 Å². The highest BCUT2D eigenvalue weighted by molar-refractivity contribution is 5.94. The van der Waals surface area contributed by atoms with Crippen LogP contribution in [0, 0.1) is 6.92 Å². The maximum Gasteiger partial charge on any atom is 0.347 e. The zero-order chi connectivity index (χ0) is 45.9. The molecule has 64 heavy (non-hydrogen) atoms. The van der Waals surface area contributed by atoms with Gasteiger partial charge in [0.25, 0.3) is 0 Å². The van der Waals surface area contributed by atoms with Gasteiger partial charge in [-0.2, -0.15) is 0 Å². The Morgan fingerprint density at radius 3 is 2.09 bits per heavy atom. The van der Waals surface area contributed by atoms with Gasteiger partial charge in [-0.1, -0.05) is 6.07 Å². The van der Waals surface area contributed by atoms with Crippen molar-refractivity contribution >= 4 is 46.5 Å². The normalized spacial score (nSPS) is 16.1. The molecule has 3 aliphatic rings. The number of likely N-dealkylation sites (N-methyl/N-ethyl adjacent to an activating group) is 1. The Morgan fingerprint density at radius 2 is 1.45 bits per heavy atom. The Bertz CT molecular complexity index is 2300. The van der Waals surface area contributed by atoms with Gasteiger partial charge >= 0.3 is 23.9 Å². The van der Waals surface area contributed by atoms with E-state index in [1.54, 1.807) is 11.0 Å². The first kappa shape index (κ1) is 46.8. The molecule has 2 heterocycles. The zero-order valence-corrected chi connectivity index (χ0v) is 37.6. The van der Waals surface area contributed by atoms with E-state index in [2.05, 4.69) is 26.2 Å². The minimum Gasteiger partial charge on any atom is -0.488 e. The topological polar surface area (TPSA) is 166 Å². The number of allylic oxidation sites excluding steroid dienone is 1. The third-order valence-electron chi connectivity index (χ3n) is 10.6. The molecule has 0 radical (unpaired) electrons. The van der Waals surface area contributed by atoms with E-state index in [4.69, 9.17) is 42.6 Å². The number of esters is 4. The number of ether oxygens (including phenoxy) is 9. The lowest BCUT2D eigenvalue weighted by Gasteiger charge is -2.31. The molecule has 342 valence electrons. The van der Waals surface area contributed by atoms with Crippen LogP contribution in [0.3, 0.4) is 0 Å². The third kappa shape index (κ3) is 11.6. The van der Waals surface area contributed by atoms with E-state index in [1.165, 1.54) is 26.0 Å².